The van der Waals surface area contributed by atoms with Crippen molar-refractivity contribution in [2.24, 2.45) is 0 Å². The normalized spacial score (nSPS) is 20.7. The average Bonchev–Trinajstić information content (AvgIpc) is 2.63. The minimum Gasteiger partial charge on any atom is -0.384 e. The number of likely N-dealkylation sites (tertiary alicyclic amines) is 1. The number of aromatic nitrogens is 2. The molecule has 1 aliphatic heterocycles. The van der Waals surface area contributed by atoms with Gasteiger partial charge in [0.25, 0.3) is 0 Å². The van der Waals surface area contributed by atoms with E-state index < -0.39 is 0 Å². The first-order valence-corrected chi connectivity index (χ1v) is 6.26. The van der Waals surface area contributed by atoms with Crippen LogP contribution in [0.3, 0.4) is 0 Å². The molecule has 0 saturated carbocycles. The van der Waals surface area contributed by atoms with Crippen LogP contribution in [0.25, 0.3) is 0 Å². The molecule has 1 aliphatic rings. The Morgan fingerprint density at radius 3 is 3.00 bits per heavy atom. The maximum atomic E-state index is 5.79. The van der Waals surface area contributed by atoms with E-state index in [9.17, 15) is 0 Å². The SMILES string of the molecule is CCCc1nc(N)cc(NC2CCN(C)C2)n1. The van der Waals surface area contributed by atoms with Gasteiger partial charge < -0.3 is 16.0 Å². The molecule has 0 aliphatic carbocycles. The van der Waals surface area contributed by atoms with Crippen LogP contribution < -0.4 is 11.1 Å². The number of aryl methyl sites for hydroxylation is 1. The maximum Gasteiger partial charge on any atom is 0.133 e. The highest BCUT2D eigenvalue weighted by Crippen LogP contribution is 2.15. The maximum absolute atomic E-state index is 5.79. The zero-order valence-corrected chi connectivity index (χ0v) is 10.6. The summed E-state index contributed by atoms with van der Waals surface area (Å²) in [4.78, 5) is 11.0. The second kappa shape index (κ2) is 5.31. The van der Waals surface area contributed by atoms with Crippen molar-refractivity contribution in [3.63, 3.8) is 0 Å². The number of nitrogen functional groups attached to an aromatic ring is 1. The van der Waals surface area contributed by atoms with E-state index in [1.165, 1.54) is 0 Å². The Balaban J connectivity index is 2.04. The molecule has 2 heterocycles. The molecule has 1 saturated heterocycles. The summed E-state index contributed by atoms with van der Waals surface area (Å²) in [6.45, 7) is 4.32. The fourth-order valence-electron chi connectivity index (χ4n) is 2.19. The second-order valence-corrected chi connectivity index (χ2v) is 4.74. The summed E-state index contributed by atoms with van der Waals surface area (Å²) in [6, 6.07) is 2.29. The minimum absolute atomic E-state index is 0.476. The summed E-state index contributed by atoms with van der Waals surface area (Å²) >= 11 is 0. The van der Waals surface area contributed by atoms with Crippen LogP contribution in [-0.2, 0) is 6.42 Å². The van der Waals surface area contributed by atoms with Gasteiger partial charge in [0.15, 0.2) is 0 Å². The van der Waals surface area contributed by atoms with Crippen LogP contribution in [0.2, 0.25) is 0 Å². The lowest BCUT2D eigenvalue weighted by Gasteiger charge is -2.14. The van der Waals surface area contributed by atoms with Gasteiger partial charge in [0.2, 0.25) is 0 Å². The van der Waals surface area contributed by atoms with Crippen molar-refractivity contribution in [3.8, 4) is 0 Å². The zero-order valence-electron chi connectivity index (χ0n) is 10.6. The molecule has 17 heavy (non-hydrogen) atoms. The van der Waals surface area contributed by atoms with Crippen LogP contribution in [0.15, 0.2) is 6.07 Å². The van der Waals surface area contributed by atoms with Crippen molar-refractivity contribution in [2.45, 2.75) is 32.2 Å². The predicted octanol–water partition coefficient (Wildman–Crippen LogP) is 1.13. The van der Waals surface area contributed by atoms with Crippen LogP contribution >= 0.6 is 0 Å². The van der Waals surface area contributed by atoms with Crippen LogP contribution in [0, 0.1) is 0 Å². The molecule has 0 spiro atoms. The van der Waals surface area contributed by atoms with Crippen LogP contribution in [0.1, 0.15) is 25.6 Å². The van der Waals surface area contributed by atoms with Gasteiger partial charge in [-0.15, -0.1) is 0 Å². The van der Waals surface area contributed by atoms with Gasteiger partial charge in [-0.2, -0.15) is 0 Å². The summed E-state index contributed by atoms with van der Waals surface area (Å²) < 4.78 is 0. The predicted molar refractivity (Wildman–Crippen MR) is 70.0 cm³/mol. The summed E-state index contributed by atoms with van der Waals surface area (Å²) in [7, 11) is 2.14. The van der Waals surface area contributed by atoms with Gasteiger partial charge in [0.1, 0.15) is 17.5 Å². The summed E-state index contributed by atoms with van der Waals surface area (Å²) in [5.74, 6) is 2.25. The molecule has 0 bridgehead atoms. The molecule has 1 fully saturated rings. The van der Waals surface area contributed by atoms with Gasteiger partial charge in [0.05, 0.1) is 0 Å². The number of likely N-dealkylation sites (N-methyl/N-ethyl adjacent to an activating group) is 1. The lowest BCUT2D eigenvalue weighted by molar-refractivity contribution is 0.414. The van der Waals surface area contributed by atoms with E-state index in [4.69, 9.17) is 5.73 Å². The van der Waals surface area contributed by atoms with Crippen molar-refractivity contribution in [1.82, 2.24) is 14.9 Å². The van der Waals surface area contributed by atoms with Crippen molar-refractivity contribution in [2.75, 3.05) is 31.2 Å². The number of anilines is 2. The smallest absolute Gasteiger partial charge is 0.133 e. The zero-order chi connectivity index (χ0) is 12.3. The van der Waals surface area contributed by atoms with Crippen molar-refractivity contribution in [3.05, 3.63) is 11.9 Å². The van der Waals surface area contributed by atoms with Gasteiger partial charge in [0, 0.05) is 25.1 Å². The lowest BCUT2D eigenvalue weighted by atomic mass is 10.2. The summed E-state index contributed by atoms with van der Waals surface area (Å²) in [5, 5.41) is 3.44. The van der Waals surface area contributed by atoms with Gasteiger partial charge in [-0.1, -0.05) is 6.92 Å². The molecule has 1 aromatic rings. The largest absolute Gasteiger partial charge is 0.384 e. The number of nitrogens with one attached hydrogen (secondary N) is 1. The van der Waals surface area contributed by atoms with Gasteiger partial charge >= 0.3 is 0 Å². The van der Waals surface area contributed by atoms with Crippen molar-refractivity contribution < 1.29 is 0 Å². The van der Waals surface area contributed by atoms with Crippen LogP contribution in [0.5, 0.6) is 0 Å². The van der Waals surface area contributed by atoms with Crippen LogP contribution in [0.4, 0.5) is 11.6 Å². The molecule has 2 rings (SSSR count). The first kappa shape index (κ1) is 12.1. The number of nitrogens with two attached hydrogens (primary N) is 1. The molecule has 3 N–H and O–H groups in total. The van der Waals surface area contributed by atoms with E-state index in [2.05, 4.69) is 34.2 Å². The quantitative estimate of drug-likeness (QED) is 0.819. The molecular formula is C12H21N5. The molecule has 5 nitrogen and oxygen atoms in total. The number of rotatable bonds is 4. The Morgan fingerprint density at radius 1 is 1.53 bits per heavy atom. The first-order chi connectivity index (χ1) is 8.17. The van der Waals surface area contributed by atoms with Crippen molar-refractivity contribution >= 4 is 11.6 Å². The third-order valence-electron chi connectivity index (χ3n) is 3.01. The molecule has 0 aromatic carbocycles. The van der Waals surface area contributed by atoms with Gasteiger partial charge in [-0.3, -0.25) is 0 Å². The molecule has 1 atom stereocenters. The third-order valence-corrected chi connectivity index (χ3v) is 3.01. The highest BCUT2D eigenvalue weighted by atomic mass is 15.2. The fraction of sp³-hybridized carbons (Fsp3) is 0.667. The monoisotopic (exact) mass is 235 g/mol. The van der Waals surface area contributed by atoms with Gasteiger partial charge in [-0.25, -0.2) is 9.97 Å². The highest BCUT2D eigenvalue weighted by Gasteiger charge is 2.19. The van der Waals surface area contributed by atoms with E-state index in [1.54, 1.807) is 0 Å². The van der Waals surface area contributed by atoms with E-state index in [0.29, 0.717) is 11.9 Å². The Hall–Kier alpha value is -1.36. The highest BCUT2D eigenvalue weighted by molar-refractivity contribution is 5.45. The summed E-state index contributed by atoms with van der Waals surface area (Å²) in [5.41, 5.74) is 5.79. The third kappa shape index (κ3) is 3.30. The van der Waals surface area contributed by atoms with Gasteiger partial charge in [-0.05, 0) is 26.4 Å². The van der Waals surface area contributed by atoms with E-state index in [0.717, 1.165) is 44.0 Å². The number of nitrogens with zero attached hydrogens (tertiary/aromatic N) is 3. The van der Waals surface area contributed by atoms with E-state index in [-0.39, 0.29) is 0 Å². The standard InChI is InChI=1S/C12H21N5/c1-3-4-11-15-10(13)7-12(16-11)14-9-5-6-17(2)8-9/h7,9H,3-6,8H2,1-2H3,(H3,13,14,15,16). The van der Waals surface area contributed by atoms with Crippen LogP contribution in [-0.4, -0.2) is 41.0 Å². The molecular weight excluding hydrogens is 214 g/mol. The molecule has 1 unspecified atom stereocenters. The molecule has 0 amide bonds. The Kier molecular flexibility index (Phi) is 3.78. The minimum atomic E-state index is 0.476. The number of hydrogen-bond donors (Lipinski definition) is 2. The molecule has 0 radical (unpaired) electrons. The average molecular weight is 235 g/mol. The lowest BCUT2D eigenvalue weighted by Crippen LogP contribution is -2.24. The Morgan fingerprint density at radius 2 is 2.35 bits per heavy atom. The summed E-state index contributed by atoms with van der Waals surface area (Å²) in [6.07, 6.45) is 3.07. The fourth-order valence-corrected chi connectivity index (χ4v) is 2.19. The topological polar surface area (TPSA) is 67.1 Å². The van der Waals surface area contributed by atoms with E-state index >= 15 is 0 Å². The Bertz CT molecular complexity index is 379. The second-order valence-electron chi connectivity index (χ2n) is 4.74. The molecule has 5 heteroatoms. The first-order valence-electron chi connectivity index (χ1n) is 6.26. The Labute approximate surface area is 102 Å². The van der Waals surface area contributed by atoms with Crippen molar-refractivity contribution in [1.29, 1.82) is 0 Å². The van der Waals surface area contributed by atoms with E-state index in [1.807, 2.05) is 6.07 Å². The molecule has 94 valence electrons. The molecule has 1 aromatic heterocycles. The number of hydrogen-bond acceptors (Lipinski definition) is 5.